The Morgan fingerprint density at radius 1 is 1.21 bits per heavy atom. The van der Waals surface area contributed by atoms with Gasteiger partial charge in [0.15, 0.2) is 0 Å². The van der Waals surface area contributed by atoms with Crippen molar-refractivity contribution in [2.75, 3.05) is 26.7 Å². The number of carbonyl (C=O) groups is 2. The average molecular weight is 274 g/mol. The Bertz CT molecular complexity index is 292. The summed E-state index contributed by atoms with van der Waals surface area (Å²) in [5.74, 6) is -1.53. The number of urea groups is 1. The van der Waals surface area contributed by atoms with Crippen LogP contribution in [0.1, 0.15) is 33.6 Å². The van der Waals surface area contributed by atoms with Gasteiger partial charge in [-0.2, -0.15) is 0 Å². The largest absolute Gasteiger partial charge is 0.481 e. The van der Waals surface area contributed by atoms with E-state index in [0.717, 1.165) is 12.8 Å². The van der Waals surface area contributed by atoms with Gasteiger partial charge in [0.25, 0.3) is 0 Å². The summed E-state index contributed by atoms with van der Waals surface area (Å²) in [5.41, 5.74) is 0. The zero-order chi connectivity index (χ0) is 15.0. The van der Waals surface area contributed by atoms with E-state index in [1.807, 2.05) is 13.8 Å². The number of carboxylic acids is 1. The van der Waals surface area contributed by atoms with Gasteiger partial charge in [-0.3, -0.25) is 4.79 Å². The number of hydrogen-bond donors (Lipinski definition) is 2. The molecule has 0 spiro atoms. The van der Waals surface area contributed by atoms with E-state index >= 15 is 0 Å². The summed E-state index contributed by atoms with van der Waals surface area (Å²) in [6.07, 6.45) is 1.62. The quantitative estimate of drug-likeness (QED) is 0.698. The van der Waals surface area contributed by atoms with Crippen LogP contribution in [-0.4, -0.2) is 64.8 Å². The SMILES string of the molecule is CCC(CC)N(CCO)C(=O)N(C)CC(C)C(=O)O. The fourth-order valence-electron chi connectivity index (χ4n) is 2.06. The van der Waals surface area contributed by atoms with Gasteiger partial charge in [-0.25, -0.2) is 4.79 Å². The molecule has 0 heterocycles. The van der Waals surface area contributed by atoms with Crippen molar-refractivity contribution in [3.63, 3.8) is 0 Å². The summed E-state index contributed by atoms with van der Waals surface area (Å²) in [4.78, 5) is 26.1. The molecule has 0 aliphatic carbocycles. The summed E-state index contributed by atoms with van der Waals surface area (Å²) in [7, 11) is 1.59. The Morgan fingerprint density at radius 2 is 1.74 bits per heavy atom. The lowest BCUT2D eigenvalue weighted by Crippen LogP contribution is -2.49. The molecule has 0 aromatic heterocycles. The molecular formula is C13H26N2O4. The smallest absolute Gasteiger partial charge is 0.320 e. The molecule has 0 bridgehead atoms. The highest BCUT2D eigenvalue weighted by atomic mass is 16.4. The molecule has 0 aliphatic rings. The van der Waals surface area contributed by atoms with E-state index in [0.29, 0.717) is 0 Å². The Morgan fingerprint density at radius 3 is 2.11 bits per heavy atom. The normalized spacial score (nSPS) is 12.3. The molecule has 2 amide bonds. The van der Waals surface area contributed by atoms with Gasteiger partial charge in [0.05, 0.1) is 12.5 Å². The number of carboxylic acid groups (broad SMARTS) is 1. The molecule has 0 rings (SSSR count). The number of rotatable bonds is 8. The van der Waals surface area contributed by atoms with Gasteiger partial charge in [0, 0.05) is 26.2 Å². The first-order chi connectivity index (χ1) is 8.88. The highest BCUT2D eigenvalue weighted by Crippen LogP contribution is 2.12. The monoisotopic (exact) mass is 274 g/mol. The highest BCUT2D eigenvalue weighted by molar-refractivity contribution is 5.76. The van der Waals surface area contributed by atoms with Gasteiger partial charge >= 0.3 is 12.0 Å². The van der Waals surface area contributed by atoms with E-state index in [1.54, 1.807) is 18.9 Å². The maximum Gasteiger partial charge on any atom is 0.320 e. The van der Waals surface area contributed by atoms with Crippen LogP contribution in [-0.2, 0) is 4.79 Å². The third kappa shape index (κ3) is 5.46. The molecule has 0 fully saturated rings. The minimum Gasteiger partial charge on any atom is -0.481 e. The number of aliphatic hydroxyl groups excluding tert-OH is 1. The van der Waals surface area contributed by atoms with Crippen molar-refractivity contribution in [1.82, 2.24) is 9.80 Å². The van der Waals surface area contributed by atoms with E-state index in [-0.39, 0.29) is 31.8 Å². The maximum atomic E-state index is 12.3. The van der Waals surface area contributed by atoms with Crippen molar-refractivity contribution >= 4 is 12.0 Å². The number of amides is 2. The first-order valence-corrected chi connectivity index (χ1v) is 6.74. The van der Waals surface area contributed by atoms with Crippen LogP contribution in [0.3, 0.4) is 0 Å². The van der Waals surface area contributed by atoms with Gasteiger partial charge < -0.3 is 20.0 Å². The number of hydrogen-bond acceptors (Lipinski definition) is 3. The van der Waals surface area contributed by atoms with Crippen LogP contribution in [0, 0.1) is 5.92 Å². The molecule has 0 aromatic rings. The Hall–Kier alpha value is -1.30. The summed E-state index contributed by atoms with van der Waals surface area (Å²) >= 11 is 0. The fraction of sp³-hybridized carbons (Fsp3) is 0.846. The lowest BCUT2D eigenvalue weighted by atomic mass is 10.1. The molecular weight excluding hydrogens is 248 g/mol. The highest BCUT2D eigenvalue weighted by Gasteiger charge is 2.25. The molecule has 2 N–H and O–H groups in total. The van der Waals surface area contributed by atoms with Crippen molar-refractivity contribution in [3.05, 3.63) is 0 Å². The van der Waals surface area contributed by atoms with Crippen molar-refractivity contribution in [2.24, 2.45) is 5.92 Å². The van der Waals surface area contributed by atoms with E-state index < -0.39 is 11.9 Å². The van der Waals surface area contributed by atoms with Crippen molar-refractivity contribution in [2.45, 2.75) is 39.7 Å². The van der Waals surface area contributed by atoms with Crippen LogP contribution < -0.4 is 0 Å². The van der Waals surface area contributed by atoms with Crippen LogP contribution in [0.15, 0.2) is 0 Å². The van der Waals surface area contributed by atoms with Crippen molar-refractivity contribution in [3.8, 4) is 0 Å². The van der Waals surface area contributed by atoms with E-state index in [9.17, 15) is 9.59 Å². The van der Waals surface area contributed by atoms with E-state index in [4.69, 9.17) is 10.2 Å². The minimum absolute atomic E-state index is 0.0715. The van der Waals surface area contributed by atoms with Gasteiger partial charge in [0.1, 0.15) is 0 Å². The molecule has 0 saturated carbocycles. The van der Waals surface area contributed by atoms with Gasteiger partial charge in [-0.15, -0.1) is 0 Å². The second kappa shape index (κ2) is 8.74. The number of carbonyl (C=O) groups excluding carboxylic acids is 1. The van der Waals surface area contributed by atoms with Gasteiger partial charge in [0.2, 0.25) is 0 Å². The van der Waals surface area contributed by atoms with Crippen molar-refractivity contribution in [1.29, 1.82) is 0 Å². The molecule has 0 radical (unpaired) electrons. The Labute approximate surface area is 115 Å². The number of aliphatic hydroxyl groups is 1. The summed E-state index contributed by atoms with van der Waals surface area (Å²) in [5, 5.41) is 17.9. The second-order valence-electron chi connectivity index (χ2n) is 4.79. The first-order valence-electron chi connectivity index (χ1n) is 6.74. The summed E-state index contributed by atoms with van der Waals surface area (Å²) < 4.78 is 0. The standard InChI is InChI=1S/C13H26N2O4/c1-5-11(6-2)15(7-8-16)13(19)14(4)9-10(3)12(17)18/h10-11,16H,5-9H2,1-4H3,(H,17,18). The third-order valence-corrected chi connectivity index (χ3v) is 3.27. The lowest BCUT2D eigenvalue weighted by Gasteiger charge is -2.34. The fourth-order valence-corrected chi connectivity index (χ4v) is 2.06. The average Bonchev–Trinajstić information content (AvgIpc) is 2.37. The zero-order valence-electron chi connectivity index (χ0n) is 12.3. The molecule has 1 atom stereocenters. The maximum absolute atomic E-state index is 12.3. The van der Waals surface area contributed by atoms with Gasteiger partial charge in [-0.1, -0.05) is 20.8 Å². The minimum atomic E-state index is -0.920. The Kier molecular flexibility index (Phi) is 8.14. The molecule has 6 heteroatoms. The van der Waals surface area contributed by atoms with Crippen molar-refractivity contribution < 1.29 is 19.8 Å². The van der Waals surface area contributed by atoms with E-state index in [1.165, 1.54) is 4.90 Å². The summed E-state index contributed by atoms with van der Waals surface area (Å²) in [6.45, 7) is 5.90. The molecule has 1 unspecified atom stereocenters. The van der Waals surface area contributed by atoms with Gasteiger partial charge in [-0.05, 0) is 12.8 Å². The second-order valence-corrected chi connectivity index (χ2v) is 4.79. The lowest BCUT2D eigenvalue weighted by molar-refractivity contribution is -0.141. The number of nitrogens with zero attached hydrogens (tertiary/aromatic N) is 2. The first kappa shape index (κ1) is 17.7. The molecule has 6 nitrogen and oxygen atoms in total. The topological polar surface area (TPSA) is 81.1 Å². The van der Waals surface area contributed by atoms with Crippen LogP contribution >= 0.6 is 0 Å². The summed E-state index contributed by atoms with van der Waals surface area (Å²) in [6, 6.07) is -0.155. The van der Waals surface area contributed by atoms with Crippen LogP contribution in [0.2, 0.25) is 0 Å². The Balaban J connectivity index is 4.74. The van der Waals surface area contributed by atoms with Crippen LogP contribution in [0.25, 0.3) is 0 Å². The number of aliphatic carboxylic acids is 1. The molecule has 0 aromatic carbocycles. The zero-order valence-corrected chi connectivity index (χ0v) is 12.3. The molecule has 19 heavy (non-hydrogen) atoms. The van der Waals surface area contributed by atoms with Crippen LogP contribution in [0.5, 0.6) is 0 Å². The van der Waals surface area contributed by atoms with Crippen LogP contribution in [0.4, 0.5) is 4.79 Å². The molecule has 112 valence electrons. The predicted molar refractivity (Wildman–Crippen MR) is 73.0 cm³/mol. The van der Waals surface area contributed by atoms with E-state index in [2.05, 4.69) is 0 Å². The predicted octanol–water partition coefficient (Wildman–Crippen LogP) is 1.24. The molecule has 0 aliphatic heterocycles. The molecule has 0 saturated heterocycles. The third-order valence-electron chi connectivity index (χ3n) is 3.27.